The van der Waals surface area contributed by atoms with Crippen LogP contribution < -0.4 is 10.6 Å². The van der Waals surface area contributed by atoms with Gasteiger partial charge in [0.15, 0.2) is 6.04 Å². The van der Waals surface area contributed by atoms with Crippen LogP contribution in [0.3, 0.4) is 0 Å². The lowest BCUT2D eigenvalue weighted by Crippen LogP contribution is -2.53. The third-order valence-electron chi connectivity index (χ3n) is 5.92. The molecule has 1 rings (SSSR count). The topological polar surface area (TPSA) is 170 Å². The number of amides is 3. The molecule has 0 spiro atoms. The summed E-state index contributed by atoms with van der Waals surface area (Å²) in [6, 6.07) is 5.35. The van der Waals surface area contributed by atoms with Gasteiger partial charge in [-0.3, -0.25) is 10.0 Å². The molecule has 3 amide bonds. The molecule has 0 fully saturated rings. The summed E-state index contributed by atoms with van der Waals surface area (Å²) < 4.78 is 21.0. The number of hydroxylamine groups is 2. The first kappa shape index (κ1) is 39.2. The van der Waals surface area contributed by atoms with E-state index in [0.717, 1.165) is 5.56 Å². The van der Waals surface area contributed by atoms with E-state index in [-0.39, 0.29) is 62.5 Å². The number of esters is 3. The molecule has 3 N–H and O–H groups in total. The Morgan fingerprint density at radius 2 is 1.47 bits per heavy atom. The first-order valence-corrected chi connectivity index (χ1v) is 15.4. The maximum atomic E-state index is 13.1. The van der Waals surface area contributed by atoms with E-state index in [9.17, 15) is 29.2 Å². The van der Waals surface area contributed by atoms with Gasteiger partial charge >= 0.3 is 30.0 Å². The third-order valence-corrected chi connectivity index (χ3v) is 5.92. The summed E-state index contributed by atoms with van der Waals surface area (Å²) in [5, 5.41) is 16.0. The number of benzene rings is 1. The van der Waals surface area contributed by atoms with Crippen LogP contribution in [0.5, 0.6) is 0 Å². The van der Waals surface area contributed by atoms with Gasteiger partial charge in [-0.2, -0.15) is 5.06 Å². The number of carbonyl (C=O) groups is 5. The Hall–Kier alpha value is -3.87. The van der Waals surface area contributed by atoms with E-state index < -0.39 is 47.7 Å². The Balaban J connectivity index is 2.82. The molecule has 254 valence electrons. The second kappa shape index (κ2) is 20.2. The Kier molecular flexibility index (Phi) is 17.6. The third kappa shape index (κ3) is 17.9. The van der Waals surface area contributed by atoms with Gasteiger partial charge < -0.3 is 29.6 Å². The van der Waals surface area contributed by atoms with Crippen LogP contribution in [-0.4, -0.2) is 77.7 Å². The number of urea groups is 1. The molecule has 0 aliphatic carbocycles. The van der Waals surface area contributed by atoms with Crippen LogP contribution in [0.25, 0.3) is 0 Å². The van der Waals surface area contributed by atoms with Crippen molar-refractivity contribution in [1.82, 2.24) is 15.7 Å². The largest absolute Gasteiger partial charge is 0.465 e. The van der Waals surface area contributed by atoms with Crippen LogP contribution in [0.4, 0.5) is 9.59 Å². The molecule has 1 aromatic rings. The zero-order chi connectivity index (χ0) is 34.0. The molecular weight excluding hydrogens is 586 g/mol. The lowest BCUT2D eigenvalue weighted by molar-refractivity contribution is -0.174. The molecule has 0 saturated carbocycles. The van der Waals surface area contributed by atoms with E-state index in [0.29, 0.717) is 12.8 Å². The molecule has 0 heterocycles. The highest BCUT2D eigenvalue weighted by Crippen LogP contribution is 2.16. The minimum atomic E-state index is -1.42. The number of alkyl carbamates (subject to hydrolysis) is 1. The normalized spacial score (nSPS) is 12.6. The number of hydrogen-bond acceptors (Lipinski definition) is 10. The van der Waals surface area contributed by atoms with E-state index in [2.05, 4.69) is 10.6 Å². The van der Waals surface area contributed by atoms with Gasteiger partial charge in [0, 0.05) is 13.0 Å². The summed E-state index contributed by atoms with van der Waals surface area (Å²) in [7, 11) is 0. The van der Waals surface area contributed by atoms with Crippen LogP contribution in [-0.2, 0) is 39.9 Å². The standard InChI is InChI=1S/C32H51N3O10/c1-22(2)19-42-27(36)17-16-25(28(37)43-20-23(3)4)34-30(39)35(41)26(29(38)45-32(5,6)7)15-11-12-18-33-31(40)44-21-24-13-9-8-10-14-24/h8-10,13-14,22-23,25-26,41H,11-12,15-21H2,1-7H3,(H,33,40)(H,34,39). The average Bonchev–Trinajstić information content (AvgIpc) is 2.96. The first-order valence-electron chi connectivity index (χ1n) is 15.4. The minimum Gasteiger partial charge on any atom is -0.465 e. The van der Waals surface area contributed by atoms with Gasteiger partial charge in [-0.1, -0.05) is 58.0 Å². The lowest BCUT2D eigenvalue weighted by atomic mass is 10.1. The highest BCUT2D eigenvalue weighted by molar-refractivity contribution is 5.87. The van der Waals surface area contributed by atoms with E-state index in [1.165, 1.54) is 0 Å². The van der Waals surface area contributed by atoms with E-state index in [4.69, 9.17) is 18.9 Å². The summed E-state index contributed by atoms with van der Waals surface area (Å²) in [6.07, 6.45) is -0.225. The predicted molar refractivity (Wildman–Crippen MR) is 165 cm³/mol. The summed E-state index contributed by atoms with van der Waals surface area (Å²) in [5.41, 5.74) is -0.0633. The molecule has 2 atom stereocenters. The van der Waals surface area contributed by atoms with Gasteiger partial charge in [0.2, 0.25) is 0 Å². The molecular formula is C32H51N3O10. The van der Waals surface area contributed by atoms with Crippen LogP contribution in [0, 0.1) is 11.8 Å². The molecule has 0 bridgehead atoms. The van der Waals surface area contributed by atoms with Gasteiger partial charge in [-0.25, -0.2) is 19.2 Å². The quantitative estimate of drug-likeness (QED) is 0.0672. The monoisotopic (exact) mass is 637 g/mol. The van der Waals surface area contributed by atoms with E-state index in [1.807, 2.05) is 58.0 Å². The maximum Gasteiger partial charge on any atom is 0.407 e. The molecule has 13 nitrogen and oxygen atoms in total. The van der Waals surface area contributed by atoms with E-state index in [1.54, 1.807) is 20.8 Å². The van der Waals surface area contributed by atoms with Crippen molar-refractivity contribution in [2.75, 3.05) is 19.8 Å². The van der Waals surface area contributed by atoms with Crippen LogP contribution in [0.15, 0.2) is 30.3 Å². The maximum absolute atomic E-state index is 13.1. The zero-order valence-corrected chi connectivity index (χ0v) is 27.6. The van der Waals surface area contributed by atoms with Crippen molar-refractivity contribution in [3.8, 4) is 0 Å². The number of unbranched alkanes of at least 4 members (excludes halogenated alkanes) is 1. The van der Waals surface area contributed by atoms with Crippen molar-refractivity contribution in [2.24, 2.45) is 11.8 Å². The van der Waals surface area contributed by atoms with Crippen molar-refractivity contribution in [3.05, 3.63) is 35.9 Å². The van der Waals surface area contributed by atoms with Crippen LogP contribution >= 0.6 is 0 Å². The summed E-state index contributed by atoms with van der Waals surface area (Å²) >= 11 is 0. The molecule has 0 saturated heterocycles. The van der Waals surface area contributed by atoms with E-state index >= 15 is 0 Å². The van der Waals surface area contributed by atoms with Crippen molar-refractivity contribution in [2.45, 2.75) is 105 Å². The first-order chi connectivity index (χ1) is 21.1. The smallest absolute Gasteiger partial charge is 0.407 e. The van der Waals surface area contributed by atoms with Crippen LogP contribution in [0.2, 0.25) is 0 Å². The fraction of sp³-hybridized carbons (Fsp3) is 0.656. The number of nitrogens with zero attached hydrogens (tertiary/aromatic N) is 1. The predicted octanol–water partition coefficient (Wildman–Crippen LogP) is 4.74. The highest BCUT2D eigenvalue weighted by atomic mass is 16.6. The molecule has 1 aromatic carbocycles. The summed E-state index contributed by atoms with van der Waals surface area (Å²) in [4.78, 5) is 63.0. The Labute approximate surface area is 266 Å². The van der Waals surface area contributed by atoms with Crippen LogP contribution in [0.1, 0.15) is 86.1 Å². The van der Waals surface area contributed by atoms with Gasteiger partial charge in [0.25, 0.3) is 0 Å². The Morgan fingerprint density at radius 1 is 0.844 bits per heavy atom. The number of ether oxygens (including phenoxy) is 4. The zero-order valence-electron chi connectivity index (χ0n) is 27.6. The fourth-order valence-corrected chi connectivity index (χ4v) is 3.69. The molecule has 0 aromatic heterocycles. The highest BCUT2D eigenvalue weighted by Gasteiger charge is 2.35. The van der Waals surface area contributed by atoms with Crippen molar-refractivity contribution < 1.29 is 48.1 Å². The van der Waals surface area contributed by atoms with Crippen molar-refractivity contribution in [3.63, 3.8) is 0 Å². The Morgan fingerprint density at radius 3 is 2.07 bits per heavy atom. The summed E-state index contributed by atoms with van der Waals surface area (Å²) in [5.74, 6) is -2.05. The van der Waals surface area contributed by atoms with Crippen molar-refractivity contribution in [1.29, 1.82) is 0 Å². The fourth-order valence-electron chi connectivity index (χ4n) is 3.69. The summed E-state index contributed by atoms with van der Waals surface area (Å²) in [6.45, 7) is 13.0. The molecule has 0 aliphatic heterocycles. The second-order valence-corrected chi connectivity index (χ2v) is 12.5. The van der Waals surface area contributed by atoms with Gasteiger partial charge in [-0.05, 0) is 63.9 Å². The van der Waals surface area contributed by atoms with Gasteiger partial charge in [0.1, 0.15) is 18.2 Å². The van der Waals surface area contributed by atoms with Crippen molar-refractivity contribution >= 4 is 30.0 Å². The second-order valence-electron chi connectivity index (χ2n) is 12.5. The Bertz CT molecular complexity index is 1070. The molecule has 13 heteroatoms. The number of carbonyl (C=O) groups excluding carboxylic acids is 5. The number of nitrogens with one attached hydrogen (secondary N) is 2. The number of hydrogen-bond donors (Lipinski definition) is 3. The SMILES string of the molecule is CC(C)COC(=O)CCC(NC(=O)N(O)C(CCCCNC(=O)OCc1ccccc1)C(=O)OC(C)(C)C)C(=O)OCC(C)C. The lowest BCUT2D eigenvalue weighted by Gasteiger charge is -2.29. The molecule has 2 unspecified atom stereocenters. The number of rotatable bonds is 18. The van der Waals surface area contributed by atoms with Gasteiger partial charge in [-0.15, -0.1) is 0 Å². The average molecular weight is 638 g/mol. The molecule has 0 radical (unpaired) electrons. The minimum absolute atomic E-state index is 0.0104. The molecule has 0 aliphatic rings. The molecule has 45 heavy (non-hydrogen) atoms. The van der Waals surface area contributed by atoms with Gasteiger partial charge in [0.05, 0.1) is 13.2 Å².